The van der Waals surface area contributed by atoms with E-state index in [1.165, 1.54) is 11.1 Å². The predicted molar refractivity (Wildman–Crippen MR) is 156 cm³/mol. The molecule has 2 aliphatic heterocycles. The predicted octanol–water partition coefficient (Wildman–Crippen LogP) is 5.14. The number of carbonyl (C=O) groups excluding carboxylic acids is 1. The Kier molecular flexibility index (Phi) is 9.81. The molecule has 4 atom stereocenters. The fourth-order valence-corrected chi connectivity index (χ4v) is 6.54. The summed E-state index contributed by atoms with van der Waals surface area (Å²) in [6.45, 7) is 10.4. The Morgan fingerprint density at radius 2 is 1.85 bits per heavy atom. The summed E-state index contributed by atoms with van der Waals surface area (Å²) >= 11 is 6.13. The summed E-state index contributed by atoms with van der Waals surface area (Å²) in [5.41, 5.74) is 4.26. The lowest BCUT2D eigenvalue weighted by Crippen LogP contribution is -2.51. The van der Waals surface area contributed by atoms with Crippen LogP contribution in [0.5, 0.6) is 11.5 Å². The average molecular weight is 558 g/mol. The fraction of sp³-hybridized carbons (Fsp3) is 0.581. The Morgan fingerprint density at radius 1 is 1.15 bits per heavy atom. The number of aliphatic hydroxyl groups is 1. The van der Waals surface area contributed by atoms with E-state index in [9.17, 15) is 9.90 Å². The van der Waals surface area contributed by atoms with Crippen molar-refractivity contribution in [1.82, 2.24) is 15.1 Å². The lowest BCUT2D eigenvalue weighted by atomic mass is 9.91. The molecule has 2 heterocycles. The van der Waals surface area contributed by atoms with Gasteiger partial charge in [-0.3, -0.25) is 9.69 Å². The van der Waals surface area contributed by atoms with E-state index >= 15 is 0 Å². The van der Waals surface area contributed by atoms with Crippen LogP contribution in [-0.2, 0) is 0 Å². The molecule has 39 heavy (non-hydrogen) atoms. The number of rotatable bonds is 11. The van der Waals surface area contributed by atoms with Gasteiger partial charge in [0.05, 0.1) is 12.1 Å². The summed E-state index contributed by atoms with van der Waals surface area (Å²) in [6, 6.07) is 10.7. The van der Waals surface area contributed by atoms with Crippen LogP contribution in [-0.4, -0.2) is 78.9 Å². The van der Waals surface area contributed by atoms with Gasteiger partial charge in [-0.25, -0.2) is 0 Å². The number of piperidine rings is 1. The monoisotopic (exact) mass is 557 g/mol. The van der Waals surface area contributed by atoms with Crippen molar-refractivity contribution in [3.8, 4) is 11.5 Å². The van der Waals surface area contributed by atoms with Crippen molar-refractivity contribution >= 4 is 17.5 Å². The van der Waals surface area contributed by atoms with Crippen molar-refractivity contribution in [2.75, 3.05) is 33.9 Å². The second-order valence-electron chi connectivity index (χ2n) is 11.2. The molecule has 0 saturated carbocycles. The maximum Gasteiger partial charge on any atom is 0.251 e. The van der Waals surface area contributed by atoms with E-state index < -0.39 is 6.10 Å². The molecule has 0 aliphatic carbocycles. The number of methoxy groups -OCH3 is 1. The molecule has 2 bridgehead atoms. The Bertz CT molecular complexity index is 1140. The number of hydrogen-bond acceptors (Lipinski definition) is 6. The first-order valence-electron chi connectivity index (χ1n) is 14.1. The summed E-state index contributed by atoms with van der Waals surface area (Å²) in [5, 5.41) is 14.1. The molecule has 0 aromatic heterocycles. The number of likely N-dealkylation sites (N-methyl/N-ethyl adjacent to an activating group) is 1. The zero-order chi connectivity index (χ0) is 28.3. The number of halogens is 1. The summed E-state index contributed by atoms with van der Waals surface area (Å²) in [6.07, 6.45) is 3.67. The Labute approximate surface area is 238 Å². The Balaban J connectivity index is 1.39. The molecule has 8 heteroatoms. The second-order valence-corrected chi connectivity index (χ2v) is 11.6. The van der Waals surface area contributed by atoms with Gasteiger partial charge in [0.15, 0.2) is 0 Å². The molecule has 7 nitrogen and oxygen atoms in total. The third-order valence-corrected chi connectivity index (χ3v) is 9.02. The van der Waals surface area contributed by atoms with E-state index in [1.54, 1.807) is 25.3 Å². The summed E-state index contributed by atoms with van der Waals surface area (Å²) < 4.78 is 11.3. The van der Waals surface area contributed by atoms with Crippen LogP contribution >= 0.6 is 11.6 Å². The van der Waals surface area contributed by atoms with Gasteiger partial charge < -0.3 is 24.8 Å². The number of benzene rings is 2. The van der Waals surface area contributed by atoms with Crippen molar-refractivity contribution < 1.29 is 19.4 Å². The average Bonchev–Trinajstić information content (AvgIpc) is 3.19. The van der Waals surface area contributed by atoms with Gasteiger partial charge in [0, 0.05) is 36.3 Å². The lowest BCUT2D eigenvalue weighted by molar-refractivity contribution is 0.0686. The molecule has 0 spiro atoms. The molecule has 2 saturated heterocycles. The molecule has 1 amide bonds. The number of nitrogens with zero attached hydrogens (tertiary/aromatic N) is 2. The topological polar surface area (TPSA) is 74.3 Å². The smallest absolute Gasteiger partial charge is 0.251 e. The number of carbonyl (C=O) groups is 1. The third-order valence-electron chi connectivity index (χ3n) is 8.71. The molecular weight excluding hydrogens is 514 g/mol. The van der Waals surface area contributed by atoms with Crippen LogP contribution in [0.1, 0.15) is 72.6 Å². The van der Waals surface area contributed by atoms with Gasteiger partial charge in [-0.2, -0.15) is 0 Å². The maximum absolute atomic E-state index is 13.0. The van der Waals surface area contributed by atoms with E-state index in [2.05, 4.69) is 54.9 Å². The van der Waals surface area contributed by atoms with Crippen LogP contribution in [0, 0.1) is 13.8 Å². The summed E-state index contributed by atoms with van der Waals surface area (Å²) in [5.74, 6) is 1.27. The molecule has 3 unspecified atom stereocenters. The van der Waals surface area contributed by atoms with Crippen LogP contribution in [0.2, 0.25) is 5.02 Å². The lowest BCUT2D eigenvalue weighted by Gasteiger charge is -2.43. The maximum atomic E-state index is 13.0. The molecule has 4 rings (SSSR count). The highest BCUT2D eigenvalue weighted by Crippen LogP contribution is 2.43. The molecule has 214 valence electrons. The Hall–Kier alpha value is -2.32. The number of amides is 1. The highest BCUT2D eigenvalue weighted by atomic mass is 35.5. The molecule has 2 N–H and O–H groups in total. The van der Waals surface area contributed by atoms with Gasteiger partial charge >= 0.3 is 0 Å². The van der Waals surface area contributed by atoms with E-state index in [-0.39, 0.29) is 24.6 Å². The van der Waals surface area contributed by atoms with Gasteiger partial charge in [0.1, 0.15) is 24.2 Å². The minimum Gasteiger partial charge on any atom is -0.495 e. The Morgan fingerprint density at radius 3 is 2.49 bits per heavy atom. The third kappa shape index (κ3) is 6.71. The van der Waals surface area contributed by atoms with E-state index in [0.717, 1.165) is 43.5 Å². The SMILES string of the molecule is CCN(C)C[C@H](O)COc1ccc(C(C)N2C3CCC2CC(NC(=O)c2ccc(Cl)c(OC)c2)C3)c(C)c1C. The second kappa shape index (κ2) is 12.9. The van der Waals surface area contributed by atoms with Gasteiger partial charge in [-0.05, 0) is 101 Å². The molecule has 2 aromatic carbocycles. The van der Waals surface area contributed by atoms with Crippen LogP contribution < -0.4 is 14.8 Å². The van der Waals surface area contributed by atoms with Crippen molar-refractivity contribution in [2.45, 2.75) is 83.6 Å². The van der Waals surface area contributed by atoms with Crippen molar-refractivity contribution in [1.29, 1.82) is 0 Å². The minimum atomic E-state index is -0.521. The molecule has 2 aromatic rings. The van der Waals surface area contributed by atoms with Crippen LogP contribution in [0.3, 0.4) is 0 Å². The van der Waals surface area contributed by atoms with Gasteiger partial charge in [0.2, 0.25) is 0 Å². The van der Waals surface area contributed by atoms with E-state index in [1.807, 2.05) is 7.05 Å². The van der Waals surface area contributed by atoms with Crippen molar-refractivity contribution in [2.24, 2.45) is 0 Å². The molecular formula is C31H44ClN3O4. The standard InChI is InChI=1S/C31H44ClN3O4/c1-7-34(5)17-26(36)18-39-29-13-11-27(19(2)20(29)3)21(4)35-24-9-10-25(35)16-23(15-24)33-31(37)22-8-12-28(32)30(14-22)38-6/h8,11-14,21,23-26,36H,7,9-10,15-18H2,1-6H3,(H,33,37)/t21?,23?,24?,25?,26-/m0/s1. The van der Waals surface area contributed by atoms with Crippen LogP contribution in [0.15, 0.2) is 30.3 Å². The van der Waals surface area contributed by atoms with Gasteiger partial charge in [-0.15, -0.1) is 0 Å². The number of nitrogens with one attached hydrogen (secondary N) is 1. The van der Waals surface area contributed by atoms with Gasteiger partial charge in [0.25, 0.3) is 5.91 Å². The first-order valence-corrected chi connectivity index (χ1v) is 14.5. The largest absolute Gasteiger partial charge is 0.495 e. The molecule has 2 fully saturated rings. The fourth-order valence-electron chi connectivity index (χ4n) is 6.35. The van der Waals surface area contributed by atoms with Gasteiger partial charge in [-0.1, -0.05) is 24.6 Å². The summed E-state index contributed by atoms with van der Waals surface area (Å²) in [7, 11) is 3.55. The number of fused-ring (bicyclic) bond motifs is 2. The van der Waals surface area contributed by atoms with E-state index in [4.69, 9.17) is 21.1 Å². The molecule has 2 aliphatic rings. The highest BCUT2D eigenvalue weighted by Gasteiger charge is 2.43. The quantitative estimate of drug-likeness (QED) is 0.398. The number of aliphatic hydroxyl groups excluding tert-OH is 1. The summed E-state index contributed by atoms with van der Waals surface area (Å²) in [4.78, 5) is 17.7. The normalized spacial score (nSPS) is 22.5. The van der Waals surface area contributed by atoms with Crippen molar-refractivity contribution in [3.63, 3.8) is 0 Å². The van der Waals surface area contributed by atoms with Crippen LogP contribution in [0.4, 0.5) is 0 Å². The first kappa shape index (κ1) is 29.7. The zero-order valence-electron chi connectivity index (χ0n) is 24.2. The minimum absolute atomic E-state index is 0.0793. The molecule has 0 radical (unpaired) electrons. The number of ether oxygens (including phenoxy) is 2. The van der Waals surface area contributed by atoms with E-state index in [0.29, 0.717) is 35.0 Å². The highest BCUT2D eigenvalue weighted by molar-refractivity contribution is 6.32. The van der Waals surface area contributed by atoms with Crippen LogP contribution in [0.25, 0.3) is 0 Å². The number of hydrogen-bond donors (Lipinski definition) is 2. The van der Waals surface area contributed by atoms with Crippen molar-refractivity contribution in [3.05, 3.63) is 57.6 Å². The first-order chi connectivity index (χ1) is 18.6. The zero-order valence-corrected chi connectivity index (χ0v) is 24.9.